The van der Waals surface area contributed by atoms with Crippen LogP contribution in [-0.4, -0.2) is 0 Å². The molecule has 53 heavy (non-hydrogen) atoms. The van der Waals surface area contributed by atoms with Crippen molar-refractivity contribution in [2.24, 2.45) is 0 Å². The average molecular weight is 680 g/mol. The lowest BCUT2D eigenvalue weighted by molar-refractivity contribution is 0.654. The minimum absolute atomic E-state index is 0.241. The monoisotopic (exact) mass is 679 g/mol. The fourth-order valence-electron chi connectivity index (χ4n) is 8.50. The fourth-order valence-corrected chi connectivity index (χ4v) is 8.50. The second-order valence-corrected chi connectivity index (χ2v) is 14.5. The molecule has 0 atom stereocenters. The molecule has 0 saturated heterocycles. The molecule has 252 valence electrons. The van der Waals surface area contributed by atoms with Crippen molar-refractivity contribution in [2.75, 3.05) is 4.90 Å². The Balaban J connectivity index is 1.14. The third-order valence-corrected chi connectivity index (χ3v) is 11.0. The molecule has 1 aliphatic rings. The van der Waals surface area contributed by atoms with Gasteiger partial charge in [-0.2, -0.15) is 0 Å². The Labute approximate surface area is 310 Å². The van der Waals surface area contributed by atoms with Crippen LogP contribution in [0.4, 0.5) is 17.1 Å². The van der Waals surface area contributed by atoms with Gasteiger partial charge in [-0.15, -0.1) is 0 Å². The van der Waals surface area contributed by atoms with E-state index in [0.717, 1.165) is 39.0 Å². The molecule has 0 spiro atoms. The molecular weight excluding hydrogens is 643 g/mol. The minimum Gasteiger partial charge on any atom is -0.455 e. The Morgan fingerprint density at radius 1 is 0.415 bits per heavy atom. The Kier molecular flexibility index (Phi) is 7.19. The molecule has 1 heterocycles. The normalized spacial score (nSPS) is 12.9. The van der Waals surface area contributed by atoms with Crippen LogP contribution in [0.3, 0.4) is 0 Å². The highest BCUT2D eigenvalue weighted by atomic mass is 16.3. The average Bonchev–Trinajstić information content (AvgIpc) is 3.71. The van der Waals surface area contributed by atoms with Gasteiger partial charge in [0.25, 0.3) is 0 Å². The van der Waals surface area contributed by atoms with E-state index in [1.807, 2.05) is 0 Å². The molecule has 0 aliphatic heterocycles. The number of benzene rings is 8. The summed E-state index contributed by atoms with van der Waals surface area (Å²) in [4.78, 5) is 2.37. The zero-order valence-electron chi connectivity index (χ0n) is 29.8. The molecule has 0 N–H and O–H groups in total. The molecule has 0 fully saturated rings. The van der Waals surface area contributed by atoms with E-state index in [1.54, 1.807) is 0 Å². The van der Waals surface area contributed by atoms with Crippen molar-refractivity contribution in [2.45, 2.75) is 19.3 Å². The molecule has 1 aliphatic carbocycles. The summed E-state index contributed by atoms with van der Waals surface area (Å²) in [6.45, 7) is 4.72. The van der Waals surface area contributed by atoms with Crippen molar-refractivity contribution in [1.29, 1.82) is 0 Å². The van der Waals surface area contributed by atoms with E-state index in [1.165, 1.54) is 55.6 Å². The van der Waals surface area contributed by atoms with Gasteiger partial charge in [-0.05, 0) is 105 Å². The lowest BCUT2D eigenvalue weighted by atomic mass is 9.78. The van der Waals surface area contributed by atoms with Crippen molar-refractivity contribution >= 4 is 39.0 Å². The van der Waals surface area contributed by atoms with E-state index in [2.05, 4.69) is 207 Å². The second kappa shape index (κ2) is 12.3. The predicted molar refractivity (Wildman–Crippen MR) is 222 cm³/mol. The summed E-state index contributed by atoms with van der Waals surface area (Å²) in [6.07, 6.45) is 0. The molecule has 2 nitrogen and oxygen atoms in total. The van der Waals surface area contributed by atoms with Gasteiger partial charge in [-0.3, -0.25) is 0 Å². The van der Waals surface area contributed by atoms with Crippen molar-refractivity contribution in [3.05, 3.63) is 199 Å². The summed E-state index contributed by atoms with van der Waals surface area (Å²) in [5.74, 6) is 0. The van der Waals surface area contributed by atoms with Crippen molar-refractivity contribution in [3.63, 3.8) is 0 Å². The van der Waals surface area contributed by atoms with Crippen LogP contribution in [-0.2, 0) is 5.41 Å². The SMILES string of the molecule is CC1(C)c2ccc(N(c3ccccc3)c3ccc(-c4cccc(-c5ccccc5)c4)cc3)cc2-c2c1c(-c1ccccc1)cc1c2oc2ccccc21. The smallest absolute Gasteiger partial charge is 0.143 e. The van der Waals surface area contributed by atoms with Gasteiger partial charge in [-0.25, -0.2) is 0 Å². The van der Waals surface area contributed by atoms with E-state index in [0.29, 0.717) is 0 Å². The minimum atomic E-state index is -0.241. The summed E-state index contributed by atoms with van der Waals surface area (Å²) in [5.41, 5.74) is 17.3. The van der Waals surface area contributed by atoms with Crippen LogP contribution in [0.1, 0.15) is 25.0 Å². The first-order chi connectivity index (χ1) is 26.0. The third kappa shape index (κ3) is 5.10. The molecule has 0 unspecified atom stereocenters. The van der Waals surface area contributed by atoms with Gasteiger partial charge in [0.1, 0.15) is 11.2 Å². The molecule has 0 amide bonds. The molecule has 10 rings (SSSR count). The van der Waals surface area contributed by atoms with Crippen LogP contribution in [0.15, 0.2) is 192 Å². The van der Waals surface area contributed by atoms with Crippen LogP contribution < -0.4 is 4.90 Å². The Hall–Kier alpha value is -6.64. The van der Waals surface area contributed by atoms with Gasteiger partial charge in [0.2, 0.25) is 0 Å². The van der Waals surface area contributed by atoms with E-state index >= 15 is 0 Å². The quantitative estimate of drug-likeness (QED) is 0.174. The molecule has 0 radical (unpaired) electrons. The maximum Gasteiger partial charge on any atom is 0.143 e. The number of rotatable bonds is 6. The molecule has 8 aromatic carbocycles. The molecule has 0 bridgehead atoms. The lowest BCUT2D eigenvalue weighted by Crippen LogP contribution is -2.16. The summed E-state index contributed by atoms with van der Waals surface area (Å²) < 4.78 is 6.78. The van der Waals surface area contributed by atoms with Crippen LogP contribution in [0, 0.1) is 0 Å². The first-order valence-electron chi connectivity index (χ1n) is 18.3. The van der Waals surface area contributed by atoms with Crippen LogP contribution in [0.2, 0.25) is 0 Å². The highest BCUT2D eigenvalue weighted by molar-refractivity contribution is 6.14. The lowest BCUT2D eigenvalue weighted by Gasteiger charge is -2.27. The third-order valence-electron chi connectivity index (χ3n) is 11.0. The van der Waals surface area contributed by atoms with E-state index < -0.39 is 0 Å². The van der Waals surface area contributed by atoms with Gasteiger partial charge >= 0.3 is 0 Å². The number of fused-ring (bicyclic) bond motifs is 7. The highest BCUT2D eigenvalue weighted by Crippen LogP contribution is 2.57. The molecule has 0 saturated carbocycles. The largest absolute Gasteiger partial charge is 0.455 e. The van der Waals surface area contributed by atoms with Gasteiger partial charge in [-0.1, -0.05) is 147 Å². The zero-order valence-corrected chi connectivity index (χ0v) is 29.8. The van der Waals surface area contributed by atoms with Crippen molar-refractivity contribution in [1.82, 2.24) is 0 Å². The second-order valence-electron chi connectivity index (χ2n) is 14.5. The van der Waals surface area contributed by atoms with Crippen molar-refractivity contribution < 1.29 is 4.42 Å². The van der Waals surface area contributed by atoms with Crippen LogP contribution in [0.25, 0.3) is 66.4 Å². The van der Waals surface area contributed by atoms with Gasteiger partial charge in [0.15, 0.2) is 0 Å². The number of anilines is 3. The standard InChI is InChI=1S/C51H37NO/c1-51(2)46-30-29-41(32-45(46)48-49(51)43(36-17-8-4-9-18-36)33-44-42-23-12-13-24-47(42)53-50(44)48)52(39-21-10-5-11-22-39)40-27-25-35(26-28-40)38-20-14-19-37(31-38)34-15-6-3-7-16-34/h3-33H,1-2H3. The Morgan fingerprint density at radius 3 is 1.70 bits per heavy atom. The summed E-state index contributed by atoms with van der Waals surface area (Å²) >= 11 is 0. The Bertz CT molecular complexity index is 2780. The summed E-state index contributed by atoms with van der Waals surface area (Å²) in [5, 5.41) is 2.30. The highest BCUT2D eigenvalue weighted by Gasteiger charge is 2.40. The van der Waals surface area contributed by atoms with Crippen LogP contribution >= 0.6 is 0 Å². The number of hydrogen-bond acceptors (Lipinski definition) is 2. The number of nitrogens with zero attached hydrogens (tertiary/aromatic N) is 1. The first kappa shape index (κ1) is 31.1. The number of furan rings is 1. The van der Waals surface area contributed by atoms with Crippen LogP contribution in [0.5, 0.6) is 0 Å². The van der Waals surface area contributed by atoms with E-state index in [-0.39, 0.29) is 5.41 Å². The zero-order chi connectivity index (χ0) is 35.5. The summed E-state index contributed by atoms with van der Waals surface area (Å²) in [6, 6.07) is 67.6. The molecule has 2 heteroatoms. The number of para-hydroxylation sites is 2. The van der Waals surface area contributed by atoms with Gasteiger partial charge in [0, 0.05) is 38.8 Å². The van der Waals surface area contributed by atoms with Gasteiger partial charge < -0.3 is 9.32 Å². The van der Waals surface area contributed by atoms with Gasteiger partial charge in [0.05, 0.1) is 0 Å². The van der Waals surface area contributed by atoms with E-state index in [9.17, 15) is 0 Å². The maximum atomic E-state index is 6.78. The topological polar surface area (TPSA) is 16.4 Å². The predicted octanol–water partition coefficient (Wildman–Crippen LogP) is 14.4. The number of hydrogen-bond donors (Lipinski definition) is 0. The molecule has 9 aromatic rings. The summed E-state index contributed by atoms with van der Waals surface area (Å²) in [7, 11) is 0. The maximum absolute atomic E-state index is 6.78. The molecule has 1 aromatic heterocycles. The fraction of sp³-hybridized carbons (Fsp3) is 0.0588. The first-order valence-corrected chi connectivity index (χ1v) is 18.3. The molecular formula is C51H37NO. The van der Waals surface area contributed by atoms with E-state index in [4.69, 9.17) is 4.42 Å². The van der Waals surface area contributed by atoms with Crippen molar-refractivity contribution in [3.8, 4) is 44.5 Å². The Morgan fingerprint density at radius 2 is 0.981 bits per heavy atom.